The Labute approximate surface area is 84.4 Å². The molecule has 13 heavy (non-hydrogen) atoms. The average Bonchev–Trinajstić information content (AvgIpc) is 2.10. The highest BCUT2D eigenvalue weighted by molar-refractivity contribution is 6.18. The molecule has 1 unspecified atom stereocenters. The van der Waals surface area contributed by atoms with E-state index in [0.29, 0.717) is 11.7 Å². The number of amidine groups is 1. The second kappa shape index (κ2) is 7.68. The molecule has 0 amide bonds. The third kappa shape index (κ3) is 7.40. The molecule has 0 fully saturated rings. The fourth-order valence-electron chi connectivity index (χ4n) is 0.691. The number of aliphatic imine (C=N–C) groups is 1. The summed E-state index contributed by atoms with van der Waals surface area (Å²) in [4.78, 5) is 3.92. The molecule has 3 N–H and O–H groups in total. The molecule has 0 radical (unpaired) electrons. The maximum Gasteiger partial charge on any atom is 0.0957 e. The van der Waals surface area contributed by atoms with Gasteiger partial charge < -0.3 is 11.1 Å². The molecular weight excluding hydrogens is 186 g/mol. The van der Waals surface area contributed by atoms with Gasteiger partial charge in [-0.15, -0.1) is 11.6 Å². The number of halogens is 1. The monoisotopic (exact) mass is 201 g/mol. The van der Waals surface area contributed by atoms with E-state index in [1.807, 2.05) is 6.08 Å². The molecule has 0 saturated carbocycles. The first-order chi connectivity index (χ1) is 6.20. The van der Waals surface area contributed by atoms with Crippen LogP contribution < -0.4 is 11.1 Å². The van der Waals surface area contributed by atoms with Crippen LogP contribution in [-0.2, 0) is 0 Å². The molecule has 74 valence electrons. The van der Waals surface area contributed by atoms with Gasteiger partial charge in [-0.25, -0.2) is 4.99 Å². The topological polar surface area (TPSA) is 50.4 Å². The van der Waals surface area contributed by atoms with Crippen LogP contribution in [0, 0.1) is 5.92 Å². The van der Waals surface area contributed by atoms with Crippen molar-refractivity contribution in [2.24, 2.45) is 16.6 Å². The first-order valence-electron chi connectivity index (χ1n) is 4.07. The Kier molecular flexibility index (Phi) is 7.11. The first kappa shape index (κ1) is 12.0. The van der Waals surface area contributed by atoms with Crippen LogP contribution in [0.4, 0.5) is 0 Å². The van der Waals surface area contributed by atoms with Crippen LogP contribution in [0.1, 0.15) is 6.92 Å². The SMILES string of the molecule is C=CNCC(/C=C\N=C(C)N)CCl. The van der Waals surface area contributed by atoms with Crippen LogP contribution in [0.25, 0.3) is 0 Å². The highest BCUT2D eigenvalue weighted by Gasteiger charge is 1.99. The van der Waals surface area contributed by atoms with Gasteiger partial charge >= 0.3 is 0 Å². The standard InChI is InChI=1S/C9H16ClN3/c1-3-12-7-9(6-10)4-5-13-8(2)11/h3-5,9,12H,1,6-7H2,2H3,(H2,11,13)/b5-4-. The van der Waals surface area contributed by atoms with Gasteiger partial charge in [0.05, 0.1) is 5.84 Å². The predicted octanol–water partition coefficient (Wildman–Crippen LogP) is 1.47. The third-order valence-electron chi connectivity index (χ3n) is 1.36. The summed E-state index contributed by atoms with van der Waals surface area (Å²) in [6, 6.07) is 0. The van der Waals surface area contributed by atoms with Crippen molar-refractivity contribution < 1.29 is 0 Å². The van der Waals surface area contributed by atoms with Gasteiger partial charge in [0.15, 0.2) is 0 Å². The lowest BCUT2D eigenvalue weighted by Gasteiger charge is -2.07. The molecule has 3 nitrogen and oxygen atoms in total. The summed E-state index contributed by atoms with van der Waals surface area (Å²) >= 11 is 5.71. The predicted molar refractivity (Wildman–Crippen MR) is 58.8 cm³/mol. The average molecular weight is 202 g/mol. The zero-order valence-corrected chi connectivity index (χ0v) is 8.59. The molecule has 0 aliphatic heterocycles. The molecule has 0 aromatic heterocycles. The first-order valence-corrected chi connectivity index (χ1v) is 4.61. The zero-order valence-electron chi connectivity index (χ0n) is 7.83. The van der Waals surface area contributed by atoms with E-state index >= 15 is 0 Å². The number of hydrogen-bond acceptors (Lipinski definition) is 2. The number of nitrogens with zero attached hydrogens (tertiary/aromatic N) is 1. The molecule has 0 aromatic carbocycles. The van der Waals surface area contributed by atoms with E-state index in [-0.39, 0.29) is 5.92 Å². The molecule has 0 aliphatic carbocycles. The van der Waals surface area contributed by atoms with Gasteiger partial charge in [0.1, 0.15) is 0 Å². The minimum atomic E-state index is 0.253. The van der Waals surface area contributed by atoms with Gasteiger partial charge in [-0.2, -0.15) is 0 Å². The van der Waals surface area contributed by atoms with Crippen molar-refractivity contribution in [1.29, 1.82) is 0 Å². The summed E-state index contributed by atoms with van der Waals surface area (Å²) in [6.07, 6.45) is 5.23. The van der Waals surface area contributed by atoms with Crippen molar-refractivity contribution in [3.8, 4) is 0 Å². The molecule has 0 rings (SSSR count). The van der Waals surface area contributed by atoms with Crippen molar-refractivity contribution in [3.05, 3.63) is 25.1 Å². The quantitative estimate of drug-likeness (QED) is 0.389. The Balaban J connectivity index is 3.89. The van der Waals surface area contributed by atoms with Crippen molar-refractivity contribution in [1.82, 2.24) is 5.32 Å². The Bertz CT molecular complexity index is 195. The van der Waals surface area contributed by atoms with E-state index < -0.39 is 0 Å². The number of alkyl halides is 1. The van der Waals surface area contributed by atoms with E-state index in [2.05, 4.69) is 16.9 Å². The van der Waals surface area contributed by atoms with Crippen LogP contribution in [0.2, 0.25) is 0 Å². The largest absolute Gasteiger partial charge is 0.391 e. The zero-order chi connectivity index (χ0) is 10.1. The summed E-state index contributed by atoms with van der Waals surface area (Å²) in [5.74, 6) is 1.35. The third-order valence-corrected chi connectivity index (χ3v) is 1.76. The lowest BCUT2D eigenvalue weighted by Crippen LogP contribution is -2.17. The Hall–Kier alpha value is -0.960. The molecule has 0 heterocycles. The summed E-state index contributed by atoms with van der Waals surface area (Å²) in [6.45, 7) is 6.05. The van der Waals surface area contributed by atoms with Crippen LogP contribution in [0.5, 0.6) is 0 Å². The number of hydrogen-bond donors (Lipinski definition) is 2. The van der Waals surface area contributed by atoms with Crippen molar-refractivity contribution in [2.75, 3.05) is 12.4 Å². The minimum absolute atomic E-state index is 0.253. The molecule has 0 aromatic rings. The van der Waals surface area contributed by atoms with E-state index in [0.717, 1.165) is 6.54 Å². The summed E-state index contributed by atoms with van der Waals surface area (Å²) in [7, 11) is 0. The summed E-state index contributed by atoms with van der Waals surface area (Å²) in [5, 5.41) is 2.99. The maximum absolute atomic E-state index is 5.71. The van der Waals surface area contributed by atoms with Gasteiger partial charge in [0, 0.05) is 24.5 Å². The molecule has 0 bridgehead atoms. The Morgan fingerprint density at radius 3 is 2.92 bits per heavy atom. The second-order valence-corrected chi connectivity index (χ2v) is 2.95. The lowest BCUT2D eigenvalue weighted by molar-refractivity contribution is 0.677. The van der Waals surface area contributed by atoms with Gasteiger partial charge in [0.25, 0.3) is 0 Å². The van der Waals surface area contributed by atoms with E-state index in [9.17, 15) is 0 Å². The molecule has 0 spiro atoms. The Morgan fingerprint density at radius 2 is 2.46 bits per heavy atom. The highest BCUT2D eigenvalue weighted by atomic mass is 35.5. The second-order valence-electron chi connectivity index (χ2n) is 2.64. The van der Waals surface area contributed by atoms with Crippen LogP contribution >= 0.6 is 11.6 Å². The van der Waals surface area contributed by atoms with Crippen molar-refractivity contribution >= 4 is 17.4 Å². The number of nitrogens with one attached hydrogen (secondary N) is 1. The molecule has 0 saturated heterocycles. The van der Waals surface area contributed by atoms with Crippen LogP contribution in [-0.4, -0.2) is 18.3 Å². The number of nitrogens with two attached hydrogens (primary N) is 1. The van der Waals surface area contributed by atoms with Gasteiger partial charge in [0.2, 0.25) is 0 Å². The van der Waals surface area contributed by atoms with Crippen molar-refractivity contribution in [3.63, 3.8) is 0 Å². The van der Waals surface area contributed by atoms with E-state index in [1.54, 1.807) is 19.3 Å². The fraction of sp³-hybridized carbons (Fsp3) is 0.444. The Morgan fingerprint density at radius 1 is 1.77 bits per heavy atom. The lowest BCUT2D eigenvalue weighted by atomic mass is 10.2. The molecule has 0 aliphatic rings. The van der Waals surface area contributed by atoms with Gasteiger partial charge in [-0.1, -0.05) is 12.7 Å². The van der Waals surface area contributed by atoms with E-state index in [4.69, 9.17) is 17.3 Å². The van der Waals surface area contributed by atoms with E-state index in [1.165, 1.54) is 0 Å². The van der Waals surface area contributed by atoms with Crippen LogP contribution in [0.15, 0.2) is 30.0 Å². The fourth-order valence-corrected chi connectivity index (χ4v) is 0.903. The maximum atomic E-state index is 5.71. The summed E-state index contributed by atoms with van der Waals surface area (Å²) < 4.78 is 0. The normalized spacial score (nSPS) is 14.5. The molecule has 1 atom stereocenters. The smallest absolute Gasteiger partial charge is 0.0957 e. The summed E-state index contributed by atoms with van der Waals surface area (Å²) in [5.41, 5.74) is 5.35. The van der Waals surface area contributed by atoms with Crippen molar-refractivity contribution in [2.45, 2.75) is 6.92 Å². The molecular formula is C9H16ClN3. The van der Waals surface area contributed by atoms with Gasteiger partial charge in [-0.05, 0) is 13.1 Å². The minimum Gasteiger partial charge on any atom is -0.391 e. The van der Waals surface area contributed by atoms with Gasteiger partial charge in [-0.3, -0.25) is 0 Å². The highest BCUT2D eigenvalue weighted by Crippen LogP contribution is 2.00. The van der Waals surface area contributed by atoms with Crippen LogP contribution in [0.3, 0.4) is 0 Å². The molecule has 4 heteroatoms. The number of rotatable bonds is 6.